The fourth-order valence-electron chi connectivity index (χ4n) is 2.88. The van der Waals surface area contributed by atoms with Crippen LogP contribution in [0.1, 0.15) is 23.2 Å². The van der Waals surface area contributed by atoms with Crippen LogP contribution in [0.5, 0.6) is 0 Å². The van der Waals surface area contributed by atoms with E-state index in [-0.39, 0.29) is 5.91 Å². The van der Waals surface area contributed by atoms with Gasteiger partial charge in [0.25, 0.3) is 16.1 Å². The van der Waals surface area contributed by atoms with Crippen LogP contribution >= 0.6 is 0 Å². The first-order valence-electron chi connectivity index (χ1n) is 7.53. The number of rotatable bonds is 3. The van der Waals surface area contributed by atoms with E-state index in [0.29, 0.717) is 44.8 Å². The first-order chi connectivity index (χ1) is 10.6. The Bertz CT molecular complexity index is 621. The van der Waals surface area contributed by atoms with Crippen LogP contribution in [0.4, 0.5) is 0 Å². The molecule has 1 aromatic heterocycles. The van der Waals surface area contributed by atoms with E-state index in [1.165, 1.54) is 10.5 Å². The minimum atomic E-state index is -3.36. The molecule has 0 spiro atoms. The van der Waals surface area contributed by atoms with Gasteiger partial charge in [0.2, 0.25) is 0 Å². The molecule has 22 heavy (non-hydrogen) atoms. The van der Waals surface area contributed by atoms with Gasteiger partial charge in [-0.05, 0) is 25.0 Å². The first-order valence-corrected chi connectivity index (χ1v) is 8.93. The van der Waals surface area contributed by atoms with E-state index in [9.17, 15) is 13.2 Å². The van der Waals surface area contributed by atoms with Gasteiger partial charge in [-0.2, -0.15) is 17.0 Å². The van der Waals surface area contributed by atoms with Gasteiger partial charge in [-0.15, -0.1) is 0 Å². The third kappa shape index (κ3) is 2.99. The van der Waals surface area contributed by atoms with Crippen molar-refractivity contribution in [3.8, 4) is 0 Å². The Morgan fingerprint density at radius 1 is 1.00 bits per heavy atom. The van der Waals surface area contributed by atoms with Gasteiger partial charge in [-0.25, -0.2) is 0 Å². The lowest BCUT2D eigenvalue weighted by atomic mass is 10.2. The van der Waals surface area contributed by atoms with Crippen LogP contribution in [0.2, 0.25) is 0 Å². The number of carbonyl (C=O) groups is 1. The highest BCUT2D eigenvalue weighted by Gasteiger charge is 2.34. The molecule has 0 bridgehead atoms. The van der Waals surface area contributed by atoms with Gasteiger partial charge in [0.05, 0.1) is 5.56 Å². The smallest absolute Gasteiger partial charge is 0.282 e. The van der Waals surface area contributed by atoms with E-state index in [1.54, 1.807) is 27.5 Å². The van der Waals surface area contributed by atoms with E-state index in [2.05, 4.69) is 4.98 Å². The summed E-state index contributed by atoms with van der Waals surface area (Å²) >= 11 is 0. The number of pyridine rings is 1. The van der Waals surface area contributed by atoms with Crippen molar-refractivity contribution in [3.05, 3.63) is 30.1 Å². The van der Waals surface area contributed by atoms with Gasteiger partial charge in [-0.1, -0.05) is 0 Å². The Morgan fingerprint density at radius 2 is 1.64 bits per heavy atom. The zero-order valence-electron chi connectivity index (χ0n) is 12.4. The number of piperazine rings is 1. The summed E-state index contributed by atoms with van der Waals surface area (Å²) in [6, 6.07) is 3.45. The highest BCUT2D eigenvalue weighted by Crippen LogP contribution is 2.18. The molecule has 2 aliphatic rings. The van der Waals surface area contributed by atoms with Crippen molar-refractivity contribution in [3.63, 3.8) is 0 Å². The number of amides is 1. The van der Waals surface area contributed by atoms with Crippen molar-refractivity contribution in [2.24, 2.45) is 0 Å². The third-order valence-electron chi connectivity index (χ3n) is 4.15. The lowest BCUT2D eigenvalue weighted by Gasteiger charge is -2.35. The Morgan fingerprint density at radius 3 is 2.23 bits per heavy atom. The van der Waals surface area contributed by atoms with Crippen LogP contribution in [0, 0.1) is 0 Å². The Labute approximate surface area is 130 Å². The largest absolute Gasteiger partial charge is 0.336 e. The quantitative estimate of drug-likeness (QED) is 0.795. The van der Waals surface area contributed by atoms with Crippen molar-refractivity contribution >= 4 is 16.1 Å². The van der Waals surface area contributed by atoms with Crippen molar-refractivity contribution in [1.29, 1.82) is 0 Å². The van der Waals surface area contributed by atoms with Gasteiger partial charge in [0.1, 0.15) is 0 Å². The topological polar surface area (TPSA) is 73.8 Å². The maximum Gasteiger partial charge on any atom is 0.282 e. The molecule has 2 saturated heterocycles. The molecule has 0 saturated carbocycles. The molecule has 8 heteroatoms. The minimum absolute atomic E-state index is 0.0914. The molecule has 1 amide bonds. The summed E-state index contributed by atoms with van der Waals surface area (Å²) in [6.07, 6.45) is 5.02. The maximum atomic E-state index is 12.5. The Balaban J connectivity index is 1.62. The number of hydrogen-bond acceptors (Lipinski definition) is 4. The lowest BCUT2D eigenvalue weighted by Crippen LogP contribution is -2.53. The molecule has 0 N–H and O–H groups in total. The molecule has 3 heterocycles. The average Bonchev–Trinajstić information content (AvgIpc) is 3.10. The second kappa shape index (κ2) is 6.31. The van der Waals surface area contributed by atoms with Crippen molar-refractivity contribution < 1.29 is 13.2 Å². The zero-order valence-corrected chi connectivity index (χ0v) is 13.2. The molecule has 120 valence electrons. The number of hydrogen-bond donors (Lipinski definition) is 0. The van der Waals surface area contributed by atoms with Crippen LogP contribution in [0.15, 0.2) is 24.5 Å². The van der Waals surface area contributed by atoms with E-state index in [1.807, 2.05) is 0 Å². The number of carbonyl (C=O) groups excluding carboxylic acids is 1. The molecule has 7 nitrogen and oxygen atoms in total. The summed E-state index contributed by atoms with van der Waals surface area (Å²) in [4.78, 5) is 18.0. The second-order valence-corrected chi connectivity index (χ2v) is 7.48. The maximum absolute atomic E-state index is 12.5. The van der Waals surface area contributed by atoms with E-state index in [0.717, 1.165) is 12.8 Å². The minimum Gasteiger partial charge on any atom is -0.336 e. The summed E-state index contributed by atoms with van der Waals surface area (Å²) in [6.45, 7) is 2.76. The van der Waals surface area contributed by atoms with Gasteiger partial charge in [0, 0.05) is 51.7 Å². The number of nitrogens with zero attached hydrogens (tertiary/aromatic N) is 4. The van der Waals surface area contributed by atoms with Crippen LogP contribution in [-0.2, 0) is 10.2 Å². The monoisotopic (exact) mass is 324 g/mol. The van der Waals surface area contributed by atoms with Gasteiger partial charge in [0.15, 0.2) is 0 Å². The van der Waals surface area contributed by atoms with Crippen molar-refractivity contribution in [2.75, 3.05) is 39.3 Å². The molecular formula is C14H20N4O3S. The molecule has 0 radical (unpaired) electrons. The molecule has 0 aliphatic carbocycles. The van der Waals surface area contributed by atoms with Crippen molar-refractivity contribution in [1.82, 2.24) is 18.5 Å². The molecule has 2 fully saturated rings. The first kappa shape index (κ1) is 15.4. The second-order valence-electron chi connectivity index (χ2n) is 5.55. The van der Waals surface area contributed by atoms with Gasteiger partial charge < -0.3 is 4.90 Å². The summed E-state index contributed by atoms with van der Waals surface area (Å²) in [5.41, 5.74) is 0.540. The molecule has 0 aromatic carbocycles. The van der Waals surface area contributed by atoms with Crippen LogP contribution < -0.4 is 0 Å². The Hall–Kier alpha value is -1.51. The highest BCUT2D eigenvalue weighted by molar-refractivity contribution is 7.86. The Kier molecular flexibility index (Phi) is 4.42. The molecule has 2 aliphatic heterocycles. The van der Waals surface area contributed by atoms with Crippen LogP contribution in [0.3, 0.4) is 0 Å². The summed E-state index contributed by atoms with van der Waals surface area (Å²) in [5.74, 6) is -0.0914. The van der Waals surface area contributed by atoms with Gasteiger partial charge in [-0.3, -0.25) is 9.78 Å². The van der Waals surface area contributed by atoms with Crippen molar-refractivity contribution in [2.45, 2.75) is 12.8 Å². The molecular weight excluding hydrogens is 304 g/mol. The number of aromatic nitrogens is 1. The SMILES string of the molecule is O=C(c1cccnc1)N1CCN(S(=O)(=O)N2CCCC2)CC1. The third-order valence-corrected chi connectivity index (χ3v) is 6.19. The van der Waals surface area contributed by atoms with E-state index in [4.69, 9.17) is 0 Å². The molecule has 0 unspecified atom stereocenters. The van der Waals surface area contributed by atoms with E-state index < -0.39 is 10.2 Å². The summed E-state index contributed by atoms with van der Waals surface area (Å²) < 4.78 is 28.0. The summed E-state index contributed by atoms with van der Waals surface area (Å²) in [7, 11) is -3.36. The summed E-state index contributed by atoms with van der Waals surface area (Å²) in [5, 5.41) is 0. The average molecular weight is 324 g/mol. The molecule has 0 atom stereocenters. The molecule has 1 aromatic rings. The highest BCUT2D eigenvalue weighted by atomic mass is 32.2. The zero-order chi connectivity index (χ0) is 15.6. The van der Waals surface area contributed by atoms with Crippen LogP contribution in [-0.4, -0.2) is 72.1 Å². The fraction of sp³-hybridized carbons (Fsp3) is 0.571. The predicted octanol–water partition coefficient (Wildman–Crippen LogP) is 0.180. The standard InChI is InChI=1S/C14H20N4O3S/c19-14(13-4-3-5-15-12-13)16-8-10-18(11-9-16)22(20,21)17-6-1-2-7-17/h3-5,12H,1-2,6-11H2. The normalized spacial score (nSPS) is 21.2. The fourth-order valence-corrected chi connectivity index (χ4v) is 4.55. The molecule has 3 rings (SSSR count). The van der Waals surface area contributed by atoms with Gasteiger partial charge >= 0.3 is 0 Å². The van der Waals surface area contributed by atoms with Crippen LogP contribution in [0.25, 0.3) is 0 Å². The predicted molar refractivity (Wildman–Crippen MR) is 81.4 cm³/mol. The lowest BCUT2D eigenvalue weighted by molar-refractivity contribution is 0.0694. The van der Waals surface area contributed by atoms with E-state index >= 15 is 0 Å².